The molecule has 36 heavy (non-hydrogen) atoms. The van der Waals surface area contributed by atoms with Crippen LogP contribution in [0.2, 0.25) is 0 Å². The van der Waals surface area contributed by atoms with Gasteiger partial charge in [-0.05, 0) is 62.2 Å². The molecule has 186 valence electrons. The van der Waals surface area contributed by atoms with Crippen molar-refractivity contribution >= 4 is 28.1 Å². The average Bonchev–Trinajstić information content (AvgIpc) is 3.30. The number of benzene rings is 3. The Bertz CT molecular complexity index is 1440. The Morgan fingerprint density at radius 2 is 1.78 bits per heavy atom. The molecule has 7 heteroatoms. The fourth-order valence-corrected chi connectivity index (χ4v) is 4.16. The van der Waals surface area contributed by atoms with Crippen molar-refractivity contribution in [1.82, 2.24) is 0 Å². The Morgan fingerprint density at radius 1 is 1.06 bits per heavy atom. The van der Waals surface area contributed by atoms with E-state index in [4.69, 9.17) is 18.6 Å². The van der Waals surface area contributed by atoms with Gasteiger partial charge in [0.25, 0.3) is 0 Å². The van der Waals surface area contributed by atoms with E-state index in [9.17, 15) is 9.18 Å². The molecule has 4 aromatic rings. The van der Waals surface area contributed by atoms with E-state index in [0.29, 0.717) is 40.7 Å². The average molecular weight is 490 g/mol. The van der Waals surface area contributed by atoms with Crippen LogP contribution in [0.15, 0.2) is 65.3 Å². The van der Waals surface area contributed by atoms with Crippen LogP contribution in [-0.2, 0) is 4.79 Å². The number of methoxy groups -OCH3 is 2. The molecule has 1 heterocycles. The summed E-state index contributed by atoms with van der Waals surface area (Å²) >= 11 is 0. The molecule has 0 bridgehead atoms. The van der Waals surface area contributed by atoms with Crippen molar-refractivity contribution in [2.24, 2.45) is 0 Å². The minimum absolute atomic E-state index is 0.300. The van der Waals surface area contributed by atoms with E-state index < -0.39 is 0 Å². The predicted molar refractivity (Wildman–Crippen MR) is 139 cm³/mol. The van der Waals surface area contributed by atoms with Crippen molar-refractivity contribution in [3.05, 3.63) is 77.8 Å². The minimum Gasteiger partial charge on any atom is -0.493 e. The standard InChI is InChI=1S/C29H28FNO5/c1-6-35-28-18(3)29-23(24(16-36-29)19-7-9-20(30)10-8-19)15-22(28)17(2)13-27(32)31-21-11-12-25(33-4)26(14-21)34-5/h7-16H,6H2,1-5H3,(H,31,32)/b17-13+. The van der Waals surface area contributed by atoms with Crippen LogP contribution in [-0.4, -0.2) is 26.7 Å². The normalized spacial score (nSPS) is 11.4. The second-order valence-electron chi connectivity index (χ2n) is 8.23. The number of rotatable bonds is 8. The summed E-state index contributed by atoms with van der Waals surface area (Å²) in [6.07, 6.45) is 3.19. The van der Waals surface area contributed by atoms with Crippen molar-refractivity contribution < 1.29 is 27.8 Å². The Morgan fingerprint density at radius 3 is 2.44 bits per heavy atom. The summed E-state index contributed by atoms with van der Waals surface area (Å²) in [6.45, 7) is 6.14. The maximum absolute atomic E-state index is 13.5. The van der Waals surface area contributed by atoms with E-state index in [-0.39, 0.29) is 11.7 Å². The summed E-state index contributed by atoms with van der Waals surface area (Å²) in [7, 11) is 3.09. The second-order valence-corrected chi connectivity index (χ2v) is 8.23. The number of hydrogen-bond donors (Lipinski definition) is 1. The second kappa shape index (κ2) is 10.6. The highest BCUT2D eigenvalue weighted by Gasteiger charge is 2.19. The van der Waals surface area contributed by atoms with E-state index >= 15 is 0 Å². The molecule has 0 saturated carbocycles. The quantitative estimate of drug-likeness (QED) is 0.270. The molecule has 0 spiro atoms. The topological polar surface area (TPSA) is 69.9 Å². The van der Waals surface area contributed by atoms with E-state index in [1.807, 2.05) is 26.8 Å². The zero-order valence-corrected chi connectivity index (χ0v) is 20.9. The van der Waals surface area contributed by atoms with E-state index in [2.05, 4.69) is 5.32 Å². The summed E-state index contributed by atoms with van der Waals surface area (Å²) in [6, 6.07) is 13.4. The SMILES string of the molecule is CCOc1c(/C(C)=C/C(=O)Nc2ccc(OC)c(OC)c2)cc2c(-c3ccc(F)cc3)coc2c1C. The van der Waals surface area contributed by atoms with Crippen molar-refractivity contribution in [1.29, 1.82) is 0 Å². The van der Waals surface area contributed by atoms with Gasteiger partial charge in [-0.25, -0.2) is 4.39 Å². The first-order valence-corrected chi connectivity index (χ1v) is 11.5. The van der Waals surface area contributed by atoms with Gasteiger partial charge in [0.2, 0.25) is 5.91 Å². The first-order valence-electron chi connectivity index (χ1n) is 11.5. The van der Waals surface area contributed by atoms with Crippen LogP contribution in [0.1, 0.15) is 25.0 Å². The lowest BCUT2D eigenvalue weighted by molar-refractivity contribution is -0.111. The lowest BCUT2D eigenvalue weighted by Gasteiger charge is -2.15. The van der Waals surface area contributed by atoms with E-state index in [1.54, 1.807) is 43.7 Å². The van der Waals surface area contributed by atoms with Crippen molar-refractivity contribution in [2.45, 2.75) is 20.8 Å². The highest BCUT2D eigenvalue weighted by atomic mass is 19.1. The minimum atomic E-state index is -0.304. The Labute approximate surface area is 209 Å². The van der Waals surface area contributed by atoms with Gasteiger partial charge in [-0.3, -0.25) is 4.79 Å². The molecule has 3 aromatic carbocycles. The molecule has 6 nitrogen and oxygen atoms in total. The van der Waals surface area contributed by atoms with Gasteiger partial charge in [0.05, 0.1) is 27.1 Å². The van der Waals surface area contributed by atoms with Crippen LogP contribution >= 0.6 is 0 Å². The van der Waals surface area contributed by atoms with E-state index in [1.165, 1.54) is 25.3 Å². The monoisotopic (exact) mass is 489 g/mol. The molecule has 0 saturated heterocycles. The number of allylic oxidation sites excluding steroid dienone is 1. The summed E-state index contributed by atoms with van der Waals surface area (Å²) in [5.41, 5.74) is 5.24. The number of furan rings is 1. The number of hydrogen-bond acceptors (Lipinski definition) is 5. The summed E-state index contributed by atoms with van der Waals surface area (Å²) < 4.78 is 35.9. The van der Waals surface area contributed by atoms with Crippen LogP contribution in [0, 0.1) is 12.7 Å². The van der Waals surface area contributed by atoms with Gasteiger partial charge in [0, 0.05) is 39.9 Å². The van der Waals surface area contributed by atoms with Crippen molar-refractivity contribution in [2.75, 3.05) is 26.1 Å². The third-order valence-electron chi connectivity index (χ3n) is 5.91. The Kier molecular flexibility index (Phi) is 7.29. The molecule has 1 amide bonds. The highest BCUT2D eigenvalue weighted by Crippen LogP contribution is 2.41. The zero-order chi connectivity index (χ0) is 25.8. The van der Waals surface area contributed by atoms with Gasteiger partial charge in [-0.15, -0.1) is 0 Å². The van der Waals surface area contributed by atoms with Gasteiger partial charge in [-0.2, -0.15) is 0 Å². The largest absolute Gasteiger partial charge is 0.493 e. The molecule has 1 N–H and O–H groups in total. The molecule has 1 aromatic heterocycles. The smallest absolute Gasteiger partial charge is 0.248 e. The van der Waals surface area contributed by atoms with Crippen molar-refractivity contribution in [3.8, 4) is 28.4 Å². The lowest BCUT2D eigenvalue weighted by atomic mass is 9.96. The van der Waals surface area contributed by atoms with Gasteiger partial charge >= 0.3 is 0 Å². The highest BCUT2D eigenvalue weighted by molar-refractivity contribution is 6.06. The summed E-state index contributed by atoms with van der Waals surface area (Å²) in [5, 5.41) is 3.72. The summed E-state index contributed by atoms with van der Waals surface area (Å²) in [4.78, 5) is 12.9. The first-order chi connectivity index (χ1) is 17.4. The fraction of sp³-hybridized carbons (Fsp3) is 0.207. The number of ether oxygens (including phenoxy) is 3. The Balaban J connectivity index is 1.73. The number of anilines is 1. The Hall–Kier alpha value is -4.26. The zero-order valence-electron chi connectivity index (χ0n) is 20.9. The molecule has 0 radical (unpaired) electrons. The number of amides is 1. The molecule has 0 aliphatic rings. The molecule has 0 aliphatic heterocycles. The summed E-state index contributed by atoms with van der Waals surface area (Å²) in [5.74, 6) is 1.14. The first kappa shape index (κ1) is 24.9. The number of carbonyl (C=O) groups excluding carboxylic acids is 1. The maximum atomic E-state index is 13.5. The van der Waals surface area contributed by atoms with Gasteiger partial charge in [0.15, 0.2) is 11.5 Å². The molecule has 0 atom stereocenters. The fourth-order valence-electron chi connectivity index (χ4n) is 4.16. The molecule has 0 fully saturated rings. The third kappa shape index (κ3) is 4.91. The maximum Gasteiger partial charge on any atom is 0.248 e. The third-order valence-corrected chi connectivity index (χ3v) is 5.91. The number of fused-ring (bicyclic) bond motifs is 1. The van der Waals surface area contributed by atoms with Crippen LogP contribution < -0.4 is 19.5 Å². The molecule has 0 aliphatic carbocycles. The molecular formula is C29H28FNO5. The van der Waals surface area contributed by atoms with Gasteiger partial charge in [0.1, 0.15) is 17.1 Å². The van der Waals surface area contributed by atoms with Crippen LogP contribution in [0.3, 0.4) is 0 Å². The van der Waals surface area contributed by atoms with Crippen LogP contribution in [0.4, 0.5) is 10.1 Å². The molecule has 4 rings (SSSR count). The number of carbonyl (C=O) groups is 1. The number of nitrogens with one attached hydrogen (secondary N) is 1. The number of aryl methyl sites for hydroxylation is 1. The van der Waals surface area contributed by atoms with Gasteiger partial charge in [-0.1, -0.05) is 12.1 Å². The lowest BCUT2D eigenvalue weighted by Crippen LogP contribution is -2.09. The predicted octanol–water partition coefficient (Wildman–Crippen LogP) is 7.01. The van der Waals surface area contributed by atoms with E-state index in [0.717, 1.165) is 27.6 Å². The molecular weight excluding hydrogens is 461 g/mol. The van der Waals surface area contributed by atoms with Crippen LogP contribution in [0.5, 0.6) is 17.2 Å². The van der Waals surface area contributed by atoms with Crippen molar-refractivity contribution in [3.63, 3.8) is 0 Å². The number of halogens is 1. The van der Waals surface area contributed by atoms with Gasteiger partial charge < -0.3 is 23.9 Å². The van der Waals surface area contributed by atoms with Crippen LogP contribution in [0.25, 0.3) is 27.7 Å². The molecule has 0 unspecified atom stereocenters.